The highest BCUT2D eigenvalue weighted by atomic mass is 19.1. The van der Waals surface area contributed by atoms with Gasteiger partial charge in [-0.3, -0.25) is 4.79 Å². The average Bonchev–Trinajstić information content (AvgIpc) is 2.66. The first-order chi connectivity index (χ1) is 7.66. The zero-order valence-corrected chi connectivity index (χ0v) is 8.30. The van der Waals surface area contributed by atoms with Crippen LogP contribution in [0.25, 0.3) is 5.69 Å². The van der Waals surface area contributed by atoms with Crippen molar-refractivity contribution in [2.45, 2.75) is 6.42 Å². The van der Waals surface area contributed by atoms with Crippen molar-refractivity contribution in [1.29, 1.82) is 0 Å². The number of aromatic nitrogens is 2. The molecule has 4 nitrogen and oxygen atoms in total. The molecule has 0 fully saturated rings. The summed E-state index contributed by atoms with van der Waals surface area (Å²) in [5.41, 5.74) is 0.690. The highest BCUT2D eigenvalue weighted by molar-refractivity contribution is 5.69. The Labute approximate surface area is 91.0 Å². The minimum absolute atomic E-state index is 0.162. The van der Waals surface area contributed by atoms with Crippen LogP contribution in [0.3, 0.4) is 0 Å². The van der Waals surface area contributed by atoms with Gasteiger partial charge in [0.1, 0.15) is 18.1 Å². The third-order valence-corrected chi connectivity index (χ3v) is 2.13. The number of halogens is 1. The van der Waals surface area contributed by atoms with Crippen molar-refractivity contribution >= 4 is 5.97 Å². The van der Waals surface area contributed by atoms with Crippen LogP contribution in [0.5, 0.6) is 0 Å². The van der Waals surface area contributed by atoms with Crippen LogP contribution < -0.4 is 0 Å². The predicted molar refractivity (Wildman–Crippen MR) is 54.9 cm³/mol. The molecule has 16 heavy (non-hydrogen) atoms. The summed E-state index contributed by atoms with van der Waals surface area (Å²) >= 11 is 0. The second-order valence-electron chi connectivity index (χ2n) is 3.26. The average molecular weight is 220 g/mol. The molecule has 1 heterocycles. The molecule has 0 bridgehead atoms. The molecule has 0 spiro atoms. The van der Waals surface area contributed by atoms with Crippen LogP contribution >= 0.6 is 0 Å². The van der Waals surface area contributed by atoms with Gasteiger partial charge < -0.3 is 9.67 Å². The van der Waals surface area contributed by atoms with Crippen LogP contribution in [0.2, 0.25) is 0 Å². The minimum Gasteiger partial charge on any atom is -0.481 e. The maximum absolute atomic E-state index is 12.7. The summed E-state index contributed by atoms with van der Waals surface area (Å²) in [7, 11) is 0. The van der Waals surface area contributed by atoms with Gasteiger partial charge in [0, 0.05) is 18.1 Å². The lowest BCUT2D eigenvalue weighted by Gasteiger charge is -2.05. The zero-order valence-electron chi connectivity index (χ0n) is 8.30. The standard InChI is InChI=1S/C11H9FN2O2/c12-8-1-3-9(4-2-8)14-6-5-13-10(14)7-11(15)16/h1-6H,7H2,(H,15,16). The van der Waals surface area contributed by atoms with Gasteiger partial charge in [0.25, 0.3) is 0 Å². The Hall–Kier alpha value is -2.17. The maximum atomic E-state index is 12.7. The van der Waals surface area contributed by atoms with Gasteiger partial charge >= 0.3 is 5.97 Å². The fraction of sp³-hybridized carbons (Fsp3) is 0.0909. The Morgan fingerprint density at radius 2 is 2.06 bits per heavy atom. The molecule has 5 heteroatoms. The number of benzene rings is 1. The molecule has 0 amide bonds. The molecule has 0 aliphatic heterocycles. The van der Waals surface area contributed by atoms with Crippen molar-refractivity contribution in [2.24, 2.45) is 0 Å². The highest BCUT2D eigenvalue weighted by Crippen LogP contribution is 2.11. The van der Waals surface area contributed by atoms with E-state index in [-0.39, 0.29) is 12.2 Å². The summed E-state index contributed by atoms with van der Waals surface area (Å²) in [6.45, 7) is 0. The lowest BCUT2D eigenvalue weighted by atomic mass is 10.3. The number of hydrogen-bond donors (Lipinski definition) is 1. The zero-order chi connectivity index (χ0) is 11.5. The van der Waals surface area contributed by atoms with Gasteiger partial charge in [-0.1, -0.05) is 0 Å². The Bertz CT molecular complexity index is 505. The number of nitrogens with zero attached hydrogens (tertiary/aromatic N) is 2. The fourth-order valence-corrected chi connectivity index (χ4v) is 1.44. The molecule has 2 aromatic rings. The molecule has 0 unspecified atom stereocenters. The van der Waals surface area contributed by atoms with Crippen LogP contribution in [-0.2, 0) is 11.2 Å². The molecular formula is C11H9FN2O2. The summed E-state index contributed by atoms with van der Waals surface area (Å²) in [4.78, 5) is 14.5. The summed E-state index contributed by atoms with van der Waals surface area (Å²) in [5, 5.41) is 8.69. The van der Waals surface area contributed by atoms with Crippen LogP contribution in [0.4, 0.5) is 4.39 Å². The lowest BCUT2D eigenvalue weighted by Crippen LogP contribution is -2.07. The molecular weight excluding hydrogens is 211 g/mol. The highest BCUT2D eigenvalue weighted by Gasteiger charge is 2.08. The number of hydrogen-bond acceptors (Lipinski definition) is 2. The van der Waals surface area contributed by atoms with Crippen molar-refractivity contribution in [3.8, 4) is 5.69 Å². The minimum atomic E-state index is -0.949. The van der Waals surface area contributed by atoms with Crippen LogP contribution in [0.1, 0.15) is 5.82 Å². The van der Waals surface area contributed by atoms with E-state index >= 15 is 0 Å². The molecule has 1 aromatic carbocycles. The van der Waals surface area contributed by atoms with Gasteiger partial charge in [-0.15, -0.1) is 0 Å². The van der Waals surface area contributed by atoms with E-state index in [2.05, 4.69) is 4.98 Å². The Balaban J connectivity index is 2.36. The van der Waals surface area contributed by atoms with Crippen molar-refractivity contribution in [2.75, 3.05) is 0 Å². The number of carboxylic acids is 1. The largest absolute Gasteiger partial charge is 0.481 e. The SMILES string of the molecule is O=C(O)Cc1nccn1-c1ccc(F)cc1. The first-order valence-electron chi connectivity index (χ1n) is 4.67. The van der Waals surface area contributed by atoms with Gasteiger partial charge in [0.2, 0.25) is 0 Å². The van der Waals surface area contributed by atoms with Crippen molar-refractivity contribution in [3.05, 3.63) is 48.3 Å². The number of rotatable bonds is 3. The van der Waals surface area contributed by atoms with E-state index in [9.17, 15) is 9.18 Å². The third kappa shape index (κ3) is 2.08. The van der Waals surface area contributed by atoms with Crippen LogP contribution in [0, 0.1) is 5.82 Å². The van der Waals surface area contributed by atoms with Crippen molar-refractivity contribution in [3.63, 3.8) is 0 Å². The molecule has 0 saturated heterocycles. The van der Waals surface area contributed by atoms with Gasteiger partial charge in [-0.25, -0.2) is 9.37 Å². The molecule has 0 saturated carbocycles. The third-order valence-electron chi connectivity index (χ3n) is 2.13. The van der Waals surface area contributed by atoms with E-state index in [4.69, 9.17) is 5.11 Å². The van der Waals surface area contributed by atoms with Gasteiger partial charge in [-0.2, -0.15) is 0 Å². The molecule has 1 aromatic heterocycles. The van der Waals surface area contributed by atoms with E-state index in [1.807, 2.05) is 0 Å². The topological polar surface area (TPSA) is 55.1 Å². The molecule has 1 N–H and O–H groups in total. The normalized spacial score (nSPS) is 10.3. The molecule has 0 radical (unpaired) electrons. The van der Waals surface area contributed by atoms with Gasteiger partial charge in [0.05, 0.1) is 0 Å². The van der Waals surface area contributed by atoms with Gasteiger partial charge in [-0.05, 0) is 24.3 Å². The van der Waals surface area contributed by atoms with Crippen LogP contribution in [0.15, 0.2) is 36.7 Å². The summed E-state index contributed by atoms with van der Waals surface area (Å²) in [6, 6.07) is 5.78. The molecule has 0 aliphatic carbocycles. The molecule has 2 rings (SSSR count). The molecule has 82 valence electrons. The second-order valence-corrected chi connectivity index (χ2v) is 3.26. The lowest BCUT2D eigenvalue weighted by molar-refractivity contribution is -0.136. The Morgan fingerprint density at radius 3 is 2.69 bits per heavy atom. The fourth-order valence-electron chi connectivity index (χ4n) is 1.44. The van der Waals surface area contributed by atoms with Crippen molar-refractivity contribution < 1.29 is 14.3 Å². The number of imidazole rings is 1. The first kappa shape index (κ1) is 10.4. The smallest absolute Gasteiger partial charge is 0.311 e. The molecule has 0 atom stereocenters. The van der Waals surface area contributed by atoms with E-state index in [1.165, 1.54) is 18.3 Å². The van der Waals surface area contributed by atoms with E-state index in [0.717, 1.165) is 0 Å². The monoisotopic (exact) mass is 220 g/mol. The quantitative estimate of drug-likeness (QED) is 0.855. The Morgan fingerprint density at radius 1 is 1.38 bits per heavy atom. The van der Waals surface area contributed by atoms with E-state index in [0.29, 0.717) is 11.5 Å². The Kier molecular flexibility index (Phi) is 2.68. The predicted octanol–water partition coefficient (Wildman–Crippen LogP) is 1.64. The maximum Gasteiger partial charge on any atom is 0.311 e. The summed E-state index contributed by atoms with van der Waals surface area (Å²) in [5.74, 6) is -0.864. The number of aliphatic carboxylic acids is 1. The summed E-state index contributed by atoms with van der Waals surface area (Å²) in [6.07, 6.45) is 3.00. The number of carbonyl (C=O) groups is 1. The van der Waals surface area contributed by atoms with E-state index < -0.39 is 5.97 Å². The molecule has 0 aliphatic rings. The second kappa shape index (κ2) is 4.14. The number of carboxylic acid groups (broad SMARTS) is 1. The van der Waals surface area contributed by atoms with Crippen LogP contribution in [-0.4, -0.2) is 20.6 Å². The van der Waals surface area contributed by atoms with Crippen molar-refractivity contribution in [1.82, 2.24) is 9.55 Å². The van der Waals surface area contributed by atoms with E-state index in [1.54, 1.807) is 22.9 Å². The van der Waals surface area contributed by atoms with Gasteiger partial charge in [0.15, 0.2) is 0 Å². The first-order valence-corrected chi connectivity index (χ1v) is 4.67. The summed E-state index contributed by atoms with van der Waals surface area (Å²) < 4.78 is 14.3.